The Morgan fingerprint density at radius 1 is 0.500 bits per heavy atom. The van der Waals surface area contributed by atoms with E-state index in [1.165, 1.54) is 10.7 Å². The molecule has 110 valence electrons. The Hall–Kier alpha value is -0.961. The van der Waals surface area contributed by atoms with Gasteiger partial charge in [-0.05, 0) is 0 Å². The van der Waals surface area contributed by atoms with E-state index in [2.05, 4.69) is 72.8 Å². The van der Waals surface area contributed by atoms with Gasteiger partial charge in [-0.25, -0.2) is 0 Å². The fourth-order valence-electron chi connectivity index (χ4n) is 2.98. The summed E-state index contributed by atoms with van der Waals surface area (Å²) in [5.74, 6) is 0. The number of alkyl halides is 2. The molecule has 0 aromatic heterocycles. The summed E-state index contributed by atoms with van der Waals surface area (Å²) in [4.78, 5) is 0. The fourth-order valence-corrected chi connectivity index (χ4v) is 19.2. The first-order chi connectivity index (χ1) is 10.8. The molecule has 0 heterocycles. The molecule has 0 atom stereocenters. The molecule has 0 saturated carbocycles. The summed E-state index contributed by atoms with van der Waals surface area (Å²) in [5.41, 5.74) is 0. The molecule has 0 aliphatic rings. The second kappa shape index (κ2) is 7.08. The minimum atomic E-state index is -3.43. The zero-order chi connectivity index (χ0) is 15.4. The van der Waals surface area contributed by atoms with Crippen LogP contribution in [0.4, 0.5) is 0 Å². The molecular weight excluding hydrogens is 418 g/mol. The van der Waals surface area contributed by atoms with Gasteiger partial charge in [-0.3, -0.25) is 0 Å². The van der Waals surface area contributed by atoms with Crippen LogP contribution in [0.1, 0.15) is 0 Å². The molecule has 0 spiro atoms. The van der Waals surface area contributed by atoms with Crippen LogP contribution in [0.25, 0.3) is 0 Å². The van der Waals surface area contributed by atoms with E-state index < -0.39 is 21.2 Å². The molecule has 0 fully saturated rings. The first-order valence-electron chi connectivity index (χ1n) is 7.21. The van der Waals surface area contributed by atoms with Crippen LogP contribution in [-0.2, 0) is 0 Å². The number of hydrogen-bond donors (Lipinski definition) is 0. The Balaban J connectivity index is 2.34. The summed E-state index contributed by atoms with van der Waals surface area (Å²) in [6, 6.07) is 31.6. The average Bonchev–Trinajstić information content (AvgIpc) is 2.58. The first-order valence-corrected chi connectivity index (χ1v) is 14.0. The van der Waals surface area contributed by atoms with Crippen LogP contribution >= 0.6 is 23.2 Å². The van der Waals surface area contributed by atoms with Crippen molar-refractivity contribution in [3.05, 3.63) is 91.0 Å². The van der Waals surface area contributed by atoms with E-state index >= 15 is 0 Å². The zero-order valence-electron chi connectivity index (χ0n) is 12.0. The molecule has 3 rings (SSSR count). The normalized spacial score (nSPS) is 11.6. The van der Waals surface area contributed by atoms with Gasteiger partial charge in [-0.15, -0.1) is 0 Å². The van der Waals surface area contributed by atoms with E-state index in [0.717, 1.165) is 0 Å². The third-order valence-corrected chi connectivity index (χ3v) is 20.9. The van der Waals surface area contributed by atoms with E-state index in [1.54, 1.807) is 0 Å². The molecule has 0 nitrogen and oxygen atoms in total. The van der Waals surface area contributed by atoms with Gasteiger partial charge >= 0.3 is 146 Å². The van der Waals surface area contributed by atoms with Crippen molar-refractivity contribution < 1.29 is 0 Å². The van der Waals surface area contributed by atoms with E-state index in [1.807, 2.05) is 18.2 Å². The Kier molecular flexibility index (Phi) is 5.12. The fraction of sp³-hybridized carbons (Fsp3) is 0.0526. The molecule has 3 aromatic carbocycles. The molecule has 3 heteroatoms. The van der Waals surface area contributed by atoms with E-state index in [-0.39, 0.29) is 0 Å². The molecule has 3 aromatic rings. The van der Waals surface area contributed by atoms with Gasteiger partial charge in [0.25, 0.3) is 0 Å². The van der Waals surface area contributed by atoms with Gasteiger partial charge in [0.2, 0.25) is 0 Å². The Morgan fingerprint density at radius 2 is 0.773 bits per heavy atom. The number of benzene rings is 3. The first kappa shape index (κ1) is 15.9. The summed E-state index contributed by atoms with van der Waals surface area (Å²) in [5, 5.41) is 0. The predicted molar refractivity (Wildman–Crippen MR) is 99.5 cm³/mol. The molecule has 0 N–H and O–H groups in total. The molecule has 0 aliphatic heterocycles. The summed E-state index contributed by atoms with van der Waals surface area (Å²) in [6.45, 7) is 0. The molecule has 0 saturated heterocycles. The van der Waals surface area contributed by atoms with Gasteiger partial charge in [0.1, 0.15) is 0 Å². The number of rotatable bonds is 4. The van der Waals surface area contributed by atoms with Gasteiger partial charge in [-0.1, -0.05) is 0 Å². The standard InChI is InChI=1S/3C6H5.CHCl2.Sn/c3*1-2-4-6-5-3-1;2-1-3;/h3*1-5H;1H;. The van der Waals surface area contributed by atoms with Gasteiger partial charge in [0.05, 0.1) is 0 Å². The van der Waals surface area contributed by atoms with Gasteiger partial charge in [0, 0.05) is 0 Å². The molecule has 0 bridgehead atoms. The predicted octanol–water partition coefficient (Wildman–Crippen LogP) is 3.50. The van der Waals surface area contributed by atoms with Crippen molar-refractivity contribution in [1.29, 1.82) is 0 Å². The van der Waals surface area contributed by atoms with Crippen LogP contribution in [-0.4, -0.2) is 21.2 Å². The number of halogens is 2. The maximum absolute atomic E-state index is 6.66. The summed E-state index contributed by atoms with van der Waals surface area (Å²) < 4.78 is 3.49. The Labute approximate surface area is 145 Å². The molecule has 0 radical (unpaired) electrons. The summed E-state index contributed by atoms with van der Waals surface area (Å²) >= 11 is 9.89. The van der Waals surface area contributed by atoms with Crippen molar-refractivity contribution in [2.45, 2.75) is 2.85 Å². The average molecular weight is 434 g/mol. The molecule has 22 heavy (non-hydrogen) atoms. The summed E-state index contributed by atoms with van der Waals surface area (Å²) in [6.07, 6.45) is 0. The van der Waals surface area contributed by atoms with Crippen molar-refractivity contribution in [2.24, 2.45) is 0 Å². The van der Waals surface area contributed by atoms with Crippen LogP contribution in [0.15, 0.2) is 91.0 Å². The van der Waals surface area contributed by atoms with Crippen LogP contribution < -0.4 is 10.7 Å². The van der Waals surface area contributed by atoms with Crippen molar-refractivity contribution in [3.8, 4) is 0 Å². The van der Waals surface area contributed by atoms with Crippen molar-refractivity contribution >= 4 is 52.3 Å². The third kappa shape index (κ3) is 2.80. The van der Waals surface area contributed by atoms with Crippen LogP contribution in [0, 0.1) is 0 Å². The van der Waals surface area contributed by atoms with Crippen LogP contribution in [0.2, 0.25) is 0 Å². The molecule has 0 unspecified atom stereocenters. The number of hydrogen-bond acceptors (Lipinski definition) is 0. The van der Waals surface area contributed by atoms with E-state index in [4.69, 9.17) is 23.2 Å². The topological polar surface area (TPSA) is 0 Å². The second-order valence-corrected chi connectivity index (χ2v) is 19.6. The van der Waals surface area contributed by atoms with Gasteiger partial charge in [-0.2, -0.15) is 0 Å². The minimum absolute atomic E-state index is 0.401. The third-order valence-electron chi connectivity index (χ3n) is 4.01. The molecule has 0 aliphatic carbocycles. The van der Waals surface area contributed by atoms with Gasteiger partial charge in [0.15, 0.2) is 0 Å². The van der Waals surface area contributed by atoms with Gasteiger partial charge < -0.3 is 0 Å². The molecule has 0 amide bonds. The molecular formula is C19H16Cl2Sn. The second-order valence-electron chi connectivity index (χ2n) is 5.21. The SMILES string of the molecule is Cl[CH](Cl)[Sn]([c]1ccccc1)([c]1ccccc1)[c]1ccccc1. The van der Waals surface area contributed by atoms with Crippen molar-refractivity contribution in [2.75, 3.05) is 0 Å². The van der Waals surface area contributed by atoms with E-state index in [0.29, 0.717) is 0 Å². The summed E-state index contributed by atoms with van der Waals surface area (Å²) in [7, 11) is 0. The van der Waals surface area contributed by atoms with Crippen molar-refractivity contribution in [1.82, 2.24) is 0 Å². The Morgan fingerprint density at radius 3 is 1.00 bits per heavy atom. The van der Waals surface area contributed by atoms with Crippen LogP contribution in [0.3, 0.4) is 0 Å². The van der Waals surface area contributed by atoms with Crippen LogP contribution in [0.5, 0.6) is 0 Å². The van der Waals surface area contributed by atoms with Crippen molar-refractivity contribution in [3.63, 3.8) is 0 Å². The quantitative estimate of drug-likeness (QED) is 0.436. The Bertz CT molecular complexity index is 616. The zero-order valence-corrected chi connectivity index (χ0v) is 16.4. The maximum atomic E-state index is 6.66. The van der Waals surface area contributed by atoms with E-state index in [9.17, 15) is 0 Å². The monoisotopic (exact) mass is 434 g/mol.